The number of carboxylic acids is 1. The molecule has 0 heterocycles. The van der Waals surface area contributed by atoms with E-state index in [1.54, 1.807) is 30.3 Å². The van der Waals surface area contributed by atoms with Crippen LogP contribution in [0.15, 0.2) is 54.6 Å². The van der Waals surface area contributed by atoms with Crippen LogP contribution in [-0.2, 0) is 22.4 Å². The van der Waals surface area contributed by atoms with Gasteiger partial charge in [-0.25, -0.2) is 0 Å². The second-order valence-electron chi connectivity index (χ2n) is 6.25. The van der Waals surface area contributed by atoms with Gasteiger partial charge in [-0.1, -0.05) is 62.2 Å². The molecule has 136 valence electrons. The van der Waals surface area contributed by atoms with Crippen LogP contribution in [0.3, 0.4) is 0 Å². The van der Waals surface area contributed by atoms with Crippen molar-refractivity contribution >= 4 is 23.6 Å². The number of hydrogen-bond donors (Lipinski definition) is 2. The average Bonchev–Trinajstić information content (AvgIpc) is 2.62. The summed E-state index contributed by atoms with van der Waals surface area (Å²) in [6.45, 7) is 2.19. The summed E-state index contributed by atoms with van der Waals surface area (Å²) in [4.78, 5) is 23.0. The molecule has 0 fully saturated rings. The zero-order chi connectivity index (χ0) is 18.8. The highest BCUT2D eigenvalue weighted by atomic mass is 16.4. The Balaban J connectivity index is 1.94. The van der Waals surface area contributed by atoms with E-state index in [-0.39, 0.29) is 12.3 Å². The maximum atomic E-state index is 12.1. The number of anilines is 1. The summed E-state index contributed by atoms with van der Waals surface area (Å²) in [5.74, 6) is -1.21. The Morgan fingerprint density at radius 2 is 1.77 bits per heavy atom. The SMILES string of the molecule is CCCCCc1ccc(/C=C/C(=O)Nc2ccccc2CC(=O)O)cc1. The molecule has 0 radical (unpaired) electrons. The van der Waals surface area contributed by atoms with E-state index < -0.39 is 5.97 Å². The average molecular weight is 351 g/mol. The van der Waals surface area contributed by atoms with Crippen molar-refractivity contribution in [3.63, 3.8) is 0 Å². The van der Waals surface area contributed by atoms with Crippen molar-refractivity contribution in [3.05, 3.63) is 71.3 Å². The van der Waals surface area contributed by atoms with Gasteiger partial charge in [-0.2, -0.15) is 0 Å². The van der Waals surface area contributed by atoms with Gasteiger partial charge in [0.2, 0.25) is 5.91 Å². The smallest absolute Gasteiger partial charge is 0.307 e. The van der Waals surface area contributed by atoms with Crippen LogP contribution in [-0.4, -0.2) is 17.0 Å². The lowest BCUT2D eigenvalue weighted by Gasteiger charge is -2.07. The van der Waals surface area contributed by atoms with Crippen LogP contribution in [0.2, 0.25) is 0 Å². The third-order valence-corrected chi connectivity index (χ3v) is 4.09. The van der Waals surface area contributed by atoms with Crippen molar-refractivity contribution in [3.8, 4) is 0 Å². The molecule has 0 saturated heterocycles. The third-order valence-electron chi connectivity index (χ3n) is 4.09. The highest BCUT2D eigenvalue weighted by molar-refractivity contribution is 6.02. The molecule has 0 aliphatic heterocycles. The van der Waals surface area contributed by atoms with E-state index in [1.807, 2.05) is 12.1 Å². The van der Waals surface area contributed by atoms with Crippen molar-refractivity contribution < 1.29 is 14.7 Å². The Bertz CT molecular complexity index is 763. The van der Waals surface area contributed by atoms with Gasteiger partial charge in [-0.05, 0) is 41.7 Å². The van der Waals surface area contributed by atoms with Crippen molar-refractivity contribution in [1.29, 1.82) is 0 Å². The van der Waals surface area contributed by atoms with Crippen molar-refractivity contribution in [2.75, 3.05) is 5.32 Å². The van der Waals surface area contributed by atoms with Crippen molar-refractivity contribution in [2.45, 2.75) is 39.0 Å². The lowest BCUT2D eigenvalue weighted by atomic mass is 10.1. The number of carboxylic acid groups (broad SMARTS) is 1. The Labute approximate surface area is 154 Å². The summed E-state index contributed by atoms with van der Waals surface area (Å²) < 4.78 is 0. The largest absolute Gasteiger partial charge is 0.481 e. The third kappa shape index (κ3) is 6.55. The van der Waals surface area contributed by atoms with Crippen molar-refractivity contribution in [2.24, 2.45) is 0 Å². The number of para-hydroxylation sites is 1. The van der Waals surface area contributed by atoms with E-state index in [2.05, 4.69) is 24.4 Å². The normalized spacial score (nSPS) is 10.8. The molecule has 26 heavy (non-hydrogen) atoms. The van der Waals surface area contributed by atoms with Crippen LogP contribution in [0.1, 0.15) is 42.9 Å². The number of carbonyl (C=O) groups excluding carboxylic acids is 1. The maximum Gasteiger partial charge on any atom is 0.307 e. The first-order valence-corrected chi connectivity index (χ1v) is 8.96. The van der Waals surface area contributed by atoms with Crippen LogP contribution in [0.25, 0.3) is 6.08 Å². The highest BCUT2D eigenvalue weighted by Crippen LogP contribution is 2.16. The topological polar surface area (TPSA) is 66.4 Å². The predicted molar refractivity (Wildman–Crippen MR) is 105 cm³/mol. The summed E-state index contributed by atoms with van der Waals surface area (Å²) >= 11 is 0. The molecule has 0 atom stereocenters. The maximum absolute atomic E-state index is 12.1. The lowest BCUT2D eigenvalue weighted by Crippen LogP contribution is -2.11. The quantitative estimate of drug-likeness (QED) is 0.508. The molecule has 0 unspecified atom stereocenters. The van der Waals surface area contributed by atoms with Crippen LogP contribution < -0.4 is 5.32 Å². The number of benzene rings is 2. The Morgan fingerprint density at radius 3 is 2.46 bits per heavy atom. The Hall–Kier alpha value is -2.88. The van der Waals surface area contributed by atoms with Gasteiger partial charge in [-0.15, -0.1) is 0 Å². The van der Waals surface area contributed by atoms with E-state index in [0.717, 1.165) is 12.0 Å². The summed E-state index contributed by atoms with van der Waals surface area (Å²) in [6, 6.07) is 15.1. The number of aliphatic carboxylic acids is 1. The number of carbonyl (C=O) groups is 2. The number of nitrogens with one attached hydrogen (secondary N) is 1. The zero-order valence-corrected chi connectivity index (χ0v) is 15.1. The molecule has 0 aliphatic carbocycles. The summed E-state index contributed by atoms with van der Waals surface area (Å²) in [6.07, 6.45) is 7.83. The Kier molecular flexibility index (Phi) is 7.62. The van der Waals surface area contributed by atoms with Gasteiger partial charge in [-0.3, -0.25) is 9.59 Å². The molecule has 1 amide bonds. The lowest BCUT2D eigenvalue weighted by molar-refractivity contribution is -0.136. The molecule has 2 rings (SSSR count). The van der Waals surface area contributed by atoms with Gasteiger partial charge in [0.25, 0.3) is 0 Å². The second-order valence-corrected chi connectivity index (χ2v) is 6.25. The summed E-state index contributed by atoms with van der Waals surface area (Å²) in [5.41, 5.74) is 3.37. The monoisotopic (exact) mass is 351 g/mol. The summed E-state index contributed by atoms with van der Waals surface area (Å²) in [7, 11) is 0. The van der Waals surface area contributed by atoms with Crippen LogP contribution in [0.4, 0.5) is 5.69 Å². The van der Waals surface area contributed by atoms with Crippen molar-refractivity contribution in [1.82, 2.24) is 0 Å². The minimum absolute atomic E-state index is 0.125. The van der Waals surface area contributed by atoms with Gasteiger partial charge >= 0.3 is 5.97 Å². The van der Waals surface area contributed by atoms with Gasteiger partial charge in [0.05, 0.1) is 6.42 Å². The molecule has 0 saturated carbocycles. The van der Waals surface area contributed by atoms with Gasteiger partial charge < -0.3 is 10.4 Å². The fourth-order valence-corrected chi connectivity index (χ4v) is 2.68. The van der Waals surface area contributed by atoms with E-state index in [1.165, 1.54) is 30.9 Å². The molecule has 4 nitrogen and oxygen atoms in total. The molecule has 2 aromatic rings. The van der Waals surface area contributed by atoms with Crippen LogP contribution in [0.5, 0.6) is 0 Å². The standard InChI is InChI=1S/C22H25NO3/c1-2-3-4-7-17-10-12-18(13-11-17)14-15-21(24)23-20-9-6-5-8-19(20)16-22(25)26/h5-6,8-15H,2-4,7,16H2,1H3,(H,23,24)(H,25,26)/b15-14+. The second kappa shape index (κ2) is 10.2. The minimum Gasteiger partial charge on any atom is -0.481 e. The number of hydrogen-bond acceptors (Lipinski definition) is 2. The summed E-state index contributed by atoms with van der Waals surface area (Å²) in [5, 5.41) is 11.7. The molecular weight excluding hydrogens is 326 g/mol. The molecule has 4 heteroatoms. The van der Waals surface area contributed by atoms with E-state index in [0.29, 0.717) is 11.3 Å². The fourth-order valence-electron chi connectivity index (χ4n) is 2.68. The predicted octanol–water partition coefficient (Wildman–Crippen LogP) is 4.70. The first-order chi connectivity index (χ1) is 12.6. The number of unbranched alkanes of at least 4 members (excludes halogenated alkanes) is 2. The molecule has 0 aliphatic rings. The van der Waals surface area contributed by atoms with Crippen LogP contribution >= 0.6 is 0 Å². The zero-order valence-electron chi connectivity index (χ0n) is 15.1. The molecule has 2 aromatic carbocycles. The van der Waals surface area contributed by atoms with E-state index >= 15 is 0 Å². The molecule has 0 spiro atoms. The van der Waals surface area contributed by atoms with E-state index in [4.69, 9.17) is 5.11 Å². The molecule has 0 aromatic heterocycles. The Morgan fingerprint density at radius 1 is 1.04 bits per heavy atom. The van der Waals surface area contributed by atoms with Gasteiger partial charge in [0, 0.05) is 11.8 Å². The highest BCUT2D eigenvalue weighted by Gasteiger charge is 2.07. The first kappa shape index (κ1) is 19.4. The van der Waals surface area contributed by atoms with Crippen LogP contribution in [0, 0.1) is 0 Å². The number of amides is 1. The molecule has 0 bridgehead atoms. The molecule has 2 N–H and O–H groups in total. The number of aryl methyl sites for hydroxylation is 1. The van der Waals surface area contributed by atoms with Gasteiger partial charge in [0.15, 0.2) is 0 Å². The molecular formula is C22H25NO3. The van der Waals surface area contributed by atoms with Gasteiger partial charge in [0.1, 0.15) is 0 Å². The first-order valence-electron chi connectivity index (χ1n) is 8.96. The minimum atomic E-state index is -0.929. The fraction of sp³-hybridized carbons (Fsp3) is 0.273. The van der Waals surface area contributed by atoms with E-state index in [9.17, 15) is 9.59 Å². The number of rotatable bonds is 9.